The van der Waals surface area contributed by atoms with Crippen molar-refractivity contribution in [1.29, 1.82) is 0 Å². The van der Waals surface area contributed by atoms with Crippen molar-refractivity contribution < 1.29 is 17.9 Å². The number of para-hydroxylation sites is 3. The average Bonchev–Trinajstić information content (AvgIpc) is 2.82. The number of rotatable bonds is 7. The Hall–Kier alpha value is -3.81. The van der Waals surface area contributed by atoms with Gasteiger partial charge in [0.15, 0.2) is 5.75 Å². The number of sulfonamides is 1. The van der Waals surface area contributed by atoms with Crippen LogP contribution in [0.15, 0.2) is 102 Å². The first-order valence-corrected chi connectivity index (χ1v) is 12.2. The third-order valence-corrected chi connectivity index (χ3v) is 6.63. The zero-order valence-corrected chi connectivity index (χ0v) is 19.7. The highest BCUT2D eigenvalue weighted by atomic mass is 35.5. The fourth-order valence-corrected chi connectivity index (χ4v) is 4.41. The minimum absolute atomic E-state index is 0.111. The third-order valence-electron chi connectivity index (χ3n) is 4.90. The molecule has 172 valence electrons. The van der Waals surface area contributed by atoms with Crippen LogP contribution < -0.4 is 14.8 Å². The Morgan fingerprint density at radius 1 is 0.853 bits per heavy atom. The van der Waals surface area contributed by atoms with Crippen molar-refractivity contribution in [1.82, 2.24) is 0 Å². The Kier molecular flexibility index (Phi) is 6.86. The number of halogens is 1. The second-order valence-electron chi connectivity index (χ2n) is 7.48. The minimum atomic E-state index is -3.83. The second-order valence-corrected chi connectivity index (χ2v) is 9.57. The fraction of sp³-hybridized carbons (Fsp3) is 0.0385. The van der Waals surface area contributed by atoms with Crippen molar-refractivity contribution in [3.05, 3.63) is 113 Å². The molecule has 0 spiro atoms. The van der Waals surface area contributed by atoms with Crippen LogP contribution in [0.4, 0.5) is 11.4 Å². The molecule has 2 N–H and O–H groups in total. The van der Waals surface area contributed by atoms with Gasteiger partial charge in [0.1, 0.15) is 5.75 Å². The van der Waals surface area contributed by atoms with Gasteiger partial charge in [-0.3, -0.25) is 9.52 Å². The smallest absolute Gasteiger partial charge is 0.261 e. The molecular formula is C26H21ClN2O4S. The maximum atomic E-state index is 13.0. The van der Waals surface area contributed by atoms with Crippen LogP contribution in [0, 0.1) is 6.92 Å². The molecule has 8 heteroatoms. The second kappa shape index (κ2) is 9.99. The largest absolute Gasteiger partial charge is 0.455 e. The summed E-state index contributed by atoms with van der Waals surface area (Å²) >= 11 is 6.26. The van der Waals surface area contributed by atoms with E-state index in [2.05, 4.69) is 10.0 Å². The molecule has 1 amide bonds. The Labute approximate surface area is 203 Å². The number of ether oxygens (including phenoxy) is 1. The van der Waals surface area contributed by atoms with Gasteiger partial charge in [0.25, 0.3) is 15.9 Å². The number of hydrogen-bond acceptors (Lipinski definition) is 4. The van der Waals surface area contributed by atoms with Crippen LogP contribution in [0.1, 0.15) is 15.9 Å². The molecular weight excluding hydrogens is 472 g/mol. The van der Waals surface area contributed by atoms with E-state index >= 15 is 0 Å². The maximum Gasteiger partial charge on any atom is 0.261 e. The molecule has 0 saturated heterocycles. The van der Waals surface area contributed by atoms with Crippen molar-refractivity contribution in [3.63, 3.8) is 0 Å². The average molecular weight is 493 g/mol. The quantitative estimate of drug-likeness (QED) is 0.308. The van der Waals surface area contributed by atoms with Crippen molar-refractivity contribution in [2.45, 2.75) is 11.8 Å². The van der Waals surface area contributed by atoms with Crippen LogP contribution in [-0.4, -0.2) is 14.3 Å². The Bertz CT molecular complexity index is 1420. The predicted molar refractivity (Wildman–Crippen MR) is 134 cm³/mol. The summed E-state index contributed by atoms with van der Waals surface area (Å²) in [6, 6.07) is 27.0. The van der Waals surface area contributed by atoms with Gasteiger partial charge < -0.3 is 10.1 Å². The topological polar surface area (TPSA) is 84.5 Å². The van der Waals surface area contributed by atoms with E-state index in [0.717, 1.165) is 5.56 Å². The molecule has 0 radical (unpaired) electrons. The molecule has 4 aromatic rings. The number of carbonyl (C=O) groups is 1. The Balaban J connectivity index is 1.56. The van der Waals surface area contributed by atoms with Crippen molar-refractivity contribution in [2.24, 2.45) is 0 Å². The van der Waals surface area contributed by atoms with Gasteiger partial charge in [0.05, 0.1) is 21.2 Å². The molecule has 0 aliphatic heterocycles. The lowest BCUT2D eigenvalue weighted by atomic mass is 10.2. The molecule has 34 heavy (non-hydrogen) atoms. The van der Waals surface area contributed by atoms with Gasteiger partial charge in [-0.25, -0.2) is 8.42 Å². The molecule has 0 aliphatic carbocycles. The van der Waals surface area contributed by atoms with E-state index in [1.807, 2.05) is 25.1 Å². The summed E-state index contributed by atoms with van der Waals surface area (Å²) in [5.41, 5.74) is 1.71. The molecule has 0 heterocycles. The highest BCUT2D eigenvalue weighted by molar-refractivity contribution is 7.92. The molecule has 0 bridgehead atoms. The number of amides is 1. The zero-order chi connectivity index (χ0) is 24.1. The normalized spacial score (nSPS) is 11.0. The van der Waals surface area contributed by atoms with Crippen molar-refractivity contribution >= 4 is 38.9 Å². The molecule has 0 atom stereocenters. The number of anilines is 2. The number of carbonyl (C=O) groups excluding carboxylic acids is 1. The summed E-state index contributed by atoms with van der Waals surface area (Å²) in [5.74, 6) is 0.564. The monoisotopic (exact) mass is 492 g/mol. The standard InChI is InChI=1S/C26H21ClN2O4S/c1-18-11-14-21(15-12-18)34(31,32)29-19-13-16-23(27)22(17-19)26(30)28-24-9-5-6-10-25(24)33-20-7-3-2-4-8-20/h2-17,29H,1H3,(H,28,30). The van der Waals surface area contributed by atoms with Gasteiger partial charge in [-0.05, 0) is 61.5 Å². The first kappa shape index (κ1) is 23.4. The molecule has 0 aliphatic rings. The first-order chi connectivity index (χ1) is 16.3. The Morgan fingerprint density at radius 2 is 1.53 bits per heavy atom. The van der Waals surface area contributed by atoms with E-state index in [1.54, 1.807) is 48.5 Å². The van der Waals surface area contributed by atoms with Gasteiger partial charge >= 0.3 is 0 Å². The number of hydrogen-bond donors (Lipinski definition) is 2. The summed E-state index contributed by atoms with van der Waals surface area (Å²) in [6.07, 6.45) is 0. The zero-order valence-electron chi connectivity index (χ0n) is 18.2. The first-order valence-electron chi connectivity index (χ1n) is 10.3. The van der Waals surface area contributed by atoms with E-state index in [-0.39, 0.29) is 21.2 Å². The van der Waals surface area contributed by atoms with Gasteiger partial charge in [0, 0.05) is 5.69 Å². The van der Waals surface area contributed by atoms with E-state index < -0.39 is 15.9 Å². The minimum Gasteiger partial charge on any atom is -0.455 e. The Morgan fingerprint density at radius 3 is 2.26 bits per heavy atom. The van der Waals surface area contributed by atoms with Crippen LogP contribution in [0.2, 0.25) is 5.02 Å². The van der Waals surface area contributed by atoms with Crippen LogP contribution in [0.5, 0.6) is 11.5 Å². The SMILES string of the molecule is Cc1ccc(S(=O)(=O)Nc2ccc(Cl)c(C(=O)Nc3ccccc3Oc3ccccc3)c2)cc1. The summed E-state index contributed by atoms with van der Waals surface area (Å²) < 4.78 is 33.8. The van der Waals surface area contributed by atoms with Gasteiger partial charge in [0.2, 0.25) is 0 Å². The lowest BCUT2D eigenvalue weighted by molar-refractivity contribution is 0.102. The van der Waals surface area contributed by atoms with Crippen molar-refractivity contribution in [2.75, 3.05) is 10.0 Å². The van der Waals surface area contributed by atoms with Crippen LogP contribution in [-0.2, 0) is 10.0 Å². The van der Waals surface area contributed by atoms with Gasteiger partial charge in [-0.1, -0.05) is 59.6 Å². The third kappa shape index (κ3) is 5.57. The summed E-state index contributed by atoms with van der Waals surface area (Å²) in [7, 11) is -3.83. The highest BCUT2D eigenvalue weighted by Gasteiger charge is 2.18. The lowest BCUT2D eigenvalue weighted by Gasteiger charge is -2.14. The molecule has 0 fully saturated rings. The molecule has 0 unspecified atom stereocenters. The summed E-state index contributed by atoms with van der Waals surface area (Å²) in [4.78, 5) is 13.2. The van der Waals surface area contributed by atoms with E-state index in [9.17, 15) is 13.2 Å². The number of aryl methyl sites for hydroxylation is 1. The van der Waals surface area contributed by atoms with E-state index in [0.29, 0.717) is 17.2 Å². The number of nitrogens with one attached hydrogen (secondary N) is 2. The van der Waals surface area contributed by atoms with E-state index in [1.165, 1.54) is 30.3 Å². The summed E-state index contributed by atoms with van der Waals surface area (Å²) in [6.45, 7) is 1.87. The van der Waals surface area contributed by atoms with E-state index in [4.69, 9.17) is 16.3 Å². The fourth-order valence-electron chi connectivity index (χ4n) is 3.16. The molecule has 6 nitrogen and oxygen atoms in total. The summed E-state index contributed by atoms with van der Waals surface area (Å²) in [5, 5.41) is 2.97. The lowest BCUT2D eigenvalue weighted by Crippen LogP contribution is -2.16. The van der Waals surface area contributed by atoms with Gasteiger partial charge in [-0.2, -0.15) is 0 Å². The highest BCUT2D eigenvalue weighted by Crippen LogP contribution is 2.30. The molecule has 0 saturated carbocycles. The van der Waals surface area contributed by atoms with Crippen LogP contribution in [0.25, 0.3) is 0 Å². The molecule has 4 aromatic carbocycles. The molecule has 4 rings (SSSR count). The van der Waals surface area contributed by atoms with Gasteiger partial charge in [-0.15, -0.1) is 0 Å². The molecule has 0 aromatic heterocycles. The van der Waals surface area contributed by atoms with Crippen molar-refractivity contribution in [3.8, 4) is 11.5 Å². The van der Waals surface area contributed by atoms with Crippen LogP contribution in [0.3, 0.4) is 0 Å². The maximum absolute atomic E-state index is 13.0. The number of benzene rings is 4. The predicted octanol–water partition coefficient (Wildman–Crippen LogP) is 6.49. The van der Waals surface area contributed by atoms with Crippen LogP contribution >= 0.6 is 11.6 Å².